The fourth-order valence-electron chi connectivity index (χ4n) is 1.36. The number of nitrogens with zero attached hydrogens (tertiary/aromatic N) is 3. The van der Waals surface area contributed by atoms with E-state index in [4.69, 9.17) is 5.73 Å². The van der Waals surface area contributed by atoms with Crippen LogP contribution in [0.3, 0.4) is 0 Å². The molecule has 0 radical (unpaired) electrons. The van der Waals surface area contributed by atoms with Gasteiger partial charge in [-0.2, -0.15) is 0 Å². The molecule has 86 valence electrons. The third kappa shape index (κ3) is 4.11. The smallest absolute Gasteiger partial charge is 0.132 e. The summed E-state index contributed by atoms with van der Waals surface area (Å²) < 4.78 is 3.78. The third-order valence-corrected chi connectivity index (χ3v) is 2.61. The summed E-state index contributed by atoms with van der Waals surface area (Å²) in [6.07, 6.45) is 0. The molecule has 0 aliphatic heterocycles. The molecule has 3 N–H and O–H groups in total. The van der Waals surface area contributed by atoms with Gasteiger partial charge in [0.05, 0.1) is 5.60 Å². The van der Waals surface area contributed by atoms with Gasteiger partial charge in [-0.15, -0.1) is 5.10 Å². The number of rotatable bonds is 5. The quantitative estimate of drug-likeness (QED) is 0.779. The monoisotopic (exact) mass is 230 g/mol. The van der Waals surface area contributed by atoms with Gasteiger partial charge in [0.15, 0.2) is 0 Å². The number of hydrogen-bond donors (Lipinski definition) is 2. The summed E-state index contributed by atoms with van der Waals surface area (Å²) in [6, 6.07) is 0. The Morgan fingerprint density at radius 3 is 2.60 bits per heavy atom. The van der Waals surface area contributed by atoms with Crippen molar-refractivity contribution < 1.29 is 5.11 Å². The van der Waals surface area contributed by atoms with E-state index >= 15 is 0 Å². The first-order chi connectivity index (χ1) is 6.92. The Kier molecular flexibility index (Phi) is 4.01. The van der Waals surface area contributed by atoms with Gasteiger partial charge in [-0.3, -0.25) is 4.90 Å². The maximum Gasteiger partial charge on any atom is 0.132 e. The molecule has 0 aliphatic carbocycles. The van der Waals surface area contributed by atoms with Gasteiger partial charge in [0.1, 0.15) is 10.7 Å². The van der Waals surface area contributed by atoms with Crippen LogP contribution in [0.15, 0.2) is 0 Å². The molecule has 0 saturated carbocycles. The van der Waals surface area contributed by atoms with Gasteiger partial charge in [-0.05, 0) is 20.4 Å². The van der Waals surface area contributed by atoms with Gasteiger partial charge in [-0.1, -0.05) is 11.4 Å². The first kappa shape index (κ1) is 12.4. The number of aromatic nitrogens is 2. The number of likely N-dealkylation sites (N-methyl/N-ethyl adjacent to an activating group) is 1. The summed E-state index contributed by atoms with van der Waals surface area (Å²) in [5, 5.41) is 14.3. The molecule has 0 aliphatic rings. The van der Waals surface area contributed by atoms with Crippen molar-refractivity contribution in [2.24, 2.45) is 0 Å². The molecule has 1 aromatic heterocycles. The number of nitrogen functional groups attached to an aromatic ring is 1. The van der Waals surface area contributed by atoms with E-state index in [9.17, 15) is 5.11 Å². The number of anilines is 1. The summed E-state index contributed by atoms with van der Waals surface area (Å²) in [4.78, 5) is 2.09. The minimum absolute atomic E-state index is 0.598. The van der Waals surface area contributed by atoms with Crippen LogP contribution in [-0.2, 0) is 6.54 Å². The number of nitrogens with two attached hydrogens (primary N) is 1. The Labute approximate surface area is 94.1 Å². The van der Waals surface area contributed by atoms with E-state index in [1.165, 1.54) is 11.5 Å². The first-order valence-electron chi connectivity index (χ1n) is 4.94. The fraction of sp³-hybridized carbons (Fsp3) is 0.778. The number of aliphatic hydroxyl groups is 1. The van der Waals surface area contributed by atoms with Crippen LogP contribution in [0.1, 0.15) is 26.5 Å². The van der Waals surface area contributed by atoms with Gasteiger partial charge in [0, 0.05) is 24.6 Å². The molecule has 0 atom stereocenters. The molecule has 0 aromatic carbocycles. The van der Waals surface area contributed by atoms with Gasteiger partial charge in [-0.25, -0.2) is 0 Å². The molecule has 0 spiro atoms. The average Bonchev–Trinajstić information content (AvgIpc) is 2.48. The Morgan fingerprint density at radius 2 is 2.20 bits per heavy atom. The average molecular weight is 230 g/mol. The van der Waals surface area contributed by atoms with Crippen molar-refractivity contribution in [2.45, 2.75) is 32.9 Å². The van der Waals surface area contributed by atoms with E-state index in [0.29, 0.717) is 18.1 Å². The molecule has 0 saturated heterocycles. The lowest BCUT2D eigenvalue weighted by Gasteiger charge is -2.27. The second-order valence-corrected chi connectivity index (χ2v) is 4.99. The highest BCUT2D eigenvalue weighted by molar-refractivity contribution is 7.09. The predicted molar refractivity (Wildman–Crippen MR) is 61.6 cm³/mol. The van der Waals surface area contributed by atoms with Crippen LogP contribution >= 0.6 is 11.5 Å². The molecule has 1 aromatic rings. The van der Waals surface area contributed by atoms with Crippen LogP contribution in [0.5, 0.6) is 0 Å². The van der Waals surface area contributed by atoms with Crippen molar-refractivity contribution in [1.29, 1.82) is 0 Å². The predicted octanol–water partition coefficient (Wildman–Crippen LogP) is 0.713. The molecule has 1 rings (SSSR count). The highest BCUT2D eigenvalue weighted by Gasteiger charge is 2.18. The summed E-state index contributed by atoms with van der Waals surface area (Å²) >= 11 is 1.20. The van der Waals surface area contributed by atoms with E-state index in [1.807, 2.05) is 6.92 Å². The van der Waals surface area contributed by atoms with Gasteiger partial charge in [0.2, 0.25) is 0 Å². The molecule has 0 bridgehead atoms. The molecular formula is C9H18N4OS. The number of hydrogen-bond acceptors (Lipinski definition) is 6. The van der Waals surface area contributed by atoms with Gasteiger partial charge < -0.3 is 10.8 Å². The van der Waals surface area contributed by atoms with Crippen molar-refractivity contribution in [3.63, 3.8) is 0 Å². The Morgan fingerprint density at radius 1 is 1.53 bits per heavy atom. The van der Waals surface area contributed by atoms with E-state index in [1.54, 1.807) is 13.8 Å². The maximum absolute atomic E-state index is 9.71. The Hall–Kier alpha value is -0.720. The van der Waals surface area contributed by atoms with Crippen molar-refractivity contribution in [3.05, 3.63) is 5.69 Å². The van der Waals surface area contributed by atoms with Crippen molar-refractivity contribution in [1.82, 2.24) is 14.5 Å². The van der Waals surface area contributed by atoms with Crippen LogP contribution in [0.25, 0.3) is 0 Å². The van der Waals surface area contributed by atoms with E-state index in [-0.39, 0.29) is 0 Å². The van der Waals surface area contributed by atoms with E-state index in [0.717, 1.165) is 12.2 Å². The van der Waals surface area contributed by atoms with Gasteiger partial charge in [0.25, 0.3) is 0 Å². The zero-order valence-corrected chi connectivity index (χ0v) is 10.2. The first-order valence-corrected chi connectivity index (χ1v) is 5.71. The standard InChI is InChI=1S/C9H18N4OS/c1-4-13(6-9(2,3)14)5-7-8(10)15-12-11-7/h14H,4-6,10H2,1-3H3. The lowest BCUT2D eigenvalue weighted by Crippen LogP contribution is -2.38. The van der Waals surface area contributed by atoms with Crippen LogP contribution in [0, 0.1) is 0 Å². The molecule has 1 heterocycles. The Bertz CT molecular complexity index is 307. The lowest BCUT2D eigenvalue weighted by atomic mass is 10.1. The largest absolute Gasteiger partial charge is 0.389 e. The van der Waals surface area contributed by atoms with Crippen LogP contribution in [-0.4, -0.2) is 38.3 Å². The van der Waals surface area contributed by atoms with Crippen LogP contribution in [0.2, 0.25) is 0 Å². The molecule has 0 amide bonds. The summed E-state index contributed by atoms with van der Waals surface area (Å²) in [5.74, 6) is 0. The second-order valence-electron chi connectivity index (χ2n) is 4.20. The van der Waals surface area contributed by atoms with Crippen molar-refractivity contribution in [2.75, 3.05) is 18.8 Å². The highest BCUT2D eigenvalue weighted by Crippen LogP contribution is 2.16. The zero-order chi connectivity index (χ0) is 11.5. The highest BCUT2D eigenvalue weighted by atomic mass is 32.1. The fourth-order valence-corrected chi connectivity index (χ4v) is 1.80. The third-order valence-electron chi connectivity index (χ3n) is 2.02. The summed E-state index contributed by atoms with van der Waals surface area (Å²) in [5.41, 5.74) is 5.81. The van der Waals surface area contributed by atoms with Crippen molar-refractivity contribution in [3.8, 4) is 0 Å². The molecule has 0 fully saturated rings. The summed E-state index contributed by atoms with van der Waals surface area (Å²) in [6.45, 7) is 7.71. The minimum Gasteiger partial charge on any atom is -0.389 e. The van der Waals surface area contributed by atoms with Crippen molar-refractivity contribution >= 4 is 16.5 Å². The van der Waals surface area contributed by atoms with Gasteiger partial charge >= 0.3 is 0 Å². The second kappa shape index (κ2) is 4.87. The topological polar surface area (TPSA) is 75.3 Å². The van der Waals surface area contributed by atoms with E-state index in [2.05, 4.69) is 14.5 Å². The van der Waals surface area contributed by atoms with Crippen LogP contribution in [0.4, 0.5) is 5.00 Å². The van der Waals surface area contributed by atoms with E-state index < -0.39 is 5.60 Å². The molecule has 5 nitrogen and oxygen atoms in total. The SMILES string of the molecule is CCN(Cc1nnsc1N)CC(C)(C)O. The van der Waals surface area contributed by atoms with Crippen LogP contribution < -0.4 is 5.73 Å². The molecule has 6 heteroatoms. The maximum atomic E-state index is 9.71. The molecular weight excluding hydrogens is 212 g/mol. The molecule has 15 heavy (non-hydrogen) atoms. The zero-order valence-electron chi connectivity index (χ0n) is 9.40. The molecule has 0 unspecified atom stereocenters. The minimum atomic E-state index is -0.700. The lowest BCUT2D eigenvalue weighted by molar-refractivity contribution is 0.0350. The Balaban J connectivity index is 2.58. The summed E-state index contributed by atoms with van der Waals surface area (Å²) in [7, 11) is 0. The normalized spacial score (nSPS) is 12.3.